The third-order valence-corrected chi connectivity index (χ3v) is 3.31. The average molecular weight is 297 g/mol. The molecule has 116 valence electrons. The van der Waals surface area contributed by atoms with Crippen LogP contribution in [-0.4, -0.2) is 58.7 Å². The summed E-state index contributed by atoms with van der Waals surface area (Å²) in [5.41, 5.74) is 1.92. The maximum Gasteiger partial charge on any atom is 0.354 e. The summed E-state index contributed by atoms with van der Waals surface area (Å²) in [5.74, 6) is 5.32. The van der Waals surface area contributed by atoms with Gasteiger partial charge in [-0.1, -0.05) is 6.92 Å². The highest BCUT2D eigenvalue weighted by atomic mass is 16.6. The molecule has 0 spiro atoms. The normalized spacial score (nSPS) is 19.2. The Kier molecular flexibility index (Phi) is 5.20. The Bertz CT molecular complexity index is 499. The lowest BCUT2D eigenvalue weighted by molar-refractivity contribution is -0.383. The quantitative estimate of drug-likeness (QED) is 0.371. The number of nitrogens with two attached hydrogens (primary N) is 1. The van der Waals surface area contributed by atoms with Gasteiger partial charge in [-0.15, -0.1) is 0 Å². The number of morpholine rings is 1. The van der Waals surface area contributed by atoms with Gasteiger partial charge in [0.25, 0.3) is 0 Å². The molecule has 0 saturated carbocycles. The number of nitrogen functional groups attached to an aromatic ring is 1. The van der Waals surface area contributed by atoms with Crippen molar-refractivity contribution in [1.29, 1.82) is 0 Å². The average Bonchev–Trinajstić information content (AvgIpc) is 2.52. The number of nitrogens with one attached hydrogen (secondary N) is 2. The Hall–Kier alpha value is -2.04. The van der Waals surface area contributed by atoms with Gasteiger partial charge < -0.3 is 15.5 Å². The molecule has 0 amide bonds. The minimum absolute atomic E-state index is 0.0303. The summed E-state index contributed by atoms with van der Waals surface area (Å²) < 4.78 is 5.63. The summed E-state index contributed by atoms with van der Waals surface area (Å²) in [4.78, 5) is 20.4. The lowest BCUT2D eigenvalue weighted by atomic mass is 10.2. The van der Waals surface area contributed by atoms with E-state index in [9.17, 15) is 10.1 Å². The summed E-state index contributed by atoms with van der Waals surface area (Å²) in [7, 11) is 0. The second kappa shape index (κ2) is 7.11. The zero-order valence-electron chi connectivity index (χ0n) is 11.8. The highest BCUT2D eigenvalue weighted by Gasteiger charge is 2.24. The van der Waals surface area contributed by atoms with Crippen molar-refractivity contribution in [2.75, 3.05) is 43.5 Å². The van der Waals surface area contributed by atoms with Gasteiger partial charge in [0.2, 0.25) is 11.6 Å². The summed E-state index contributed by atoms with van der Waals surface area (Å²) in [6.45, 7) is 5.81. The second-order valence-corrected chi connectivity index (χ2v) is 4.59. The van der Waals surface area contributed by atoms with Crippen LogP contribution in [-0.2, 0) is 4.74 Å². The van der Waals surface area contributed by atoms with Crippen LogP contribution in [0.15, 0.2) is 6.33 Å². The smallest absolute Gasteiger partial charge is 0.354 e. The molecular weight excluding hydrogens is 278 g/mol. The summed E-state index contributed by atoms with van der Waals surface area (Å²) in [5, 5.41) is 14.0. The molecule has 4 N–H and O–H groups in total. The fourth-order valence-electron chi connectivity index (χ4n) is 2.19. The second-order valence-electron chi connectivity index (χ2n) is 4.59. The predicted octanol–water partition coefficient (Wildman–Crippen LogP) is -0.197. The molecule has 0 bridgehead atoms. The molecule has 0 radical (unpaired) electrons. The van der Waals surface area contributed by atoms with Gasteiger partial charge in [-0.3, -0.25) is 15.0 Å². The molecule has 2 rings (SSSR count). The standard InChI is InChI=1S/C11H19N7O3/c1-2-17-3-4-21-8(6-17)5-13-10-9(18(19)20)11(16-12)15-7-14-10/h7-8H,2-6,12H2,1H3,(H2,13,14,15,16). The molecule has 1 atom stereocenters. The van der Waals surface area contributed by atoms with E-state index in [4.69, 9.17) is 10.6 Å². The van der Waals surface area contributed by atoms with Gasteiger partial charge in [-0.05, 0) is 6.54 Å². The maximum absolute atomic E-state index is 11.1. The number of anilines is 2. The Morgan fingerprint density at radius 3 is 3.00 bits per heavy atom. The van der Waals surface area contributed by atoms with E-state index >= 15 is 0 Å². The molecule has 1 aromatic rings. The van der Waals surface area contributed by atoms with Crippen molar-refractivity contribution in [1.82, 2.24) is 14.9 Å². The lowest BCUT2D eigenvalue weighted by Gasteiger charge is -2.32. The fraction of sp³-hybridized carbons (Fsp3) is 0.636. The van der Waals surface area contributed by atoms with Crippen LogP contribution in [0.4, 0.5) is 17.3 Å². The van der Waals surface area contributed by atoms with Crippen LogP contribution >= 0.6 is 0 Å². The first-order valence-electron chi connectivity index (χ1n) is 6.69. The van der Waals surface area contributed by atoms with Crippen molar-refractivity contribution < 1.29 is 9.66 Å². The molecule has 10 nitrogen and oxygen atoms in total. The predicted molar refractivity (Wildman–Crippen MR) is 76.8 cm³/mol. The summed E-state index contributed by atoms with van der Waals surface area (Å²) >= 11 is 0. The molecule has 0 aliphatic carbocycles. The SMILES string of the molecule is CCN1CCOC(CNc2ncnc(NN)c2[N+](=O)[O-])C1. The highest BCUT2D eigenvalue weighted by molar-refractivity contribution is 5.68. The monoisotopic (exact) mass is 297 g/mol. The largest absolute Gasteiger partial charge is 0.374 e. The molecule has 1 saturated heterocycles. The maximum atomic E-state index is 11.1. The first kappa shape index (κ1) is 15.4. The van der Waals surface area contributed by atoms with E-state index in [-0.39, 0.29) is 23.4 Å². The number of aromatic nitrogens is 2. The molecule has 0 aromatic carbocycles. The third-order valence-electron chi connectivity index (χ3n) is 3.31. The number of nitro groups is 1. The Morgan fingerprint density at radius 1 is 1.57 bits per heavy atom. The number of hydrogen-bond donors (Lipinski definition) is 3. The molecule has 1 unspecified atom stereocenters. The van der Waals surface area contributed by atoms with Gasteiger partial charge in [0.1, 0.15) is 6.33 Å². The summed E-state index contributed by atoms with van der Waals surface area (Å²) in [6.07, 6.45) is 1.17. The molecular formula is C11H19N7O3. The van der Waals surface area contributed by atoms with Crippen LogP contribution in [0.5, 0.6) is 0 Å². The molecule has 1 fully saturated rings. The van der Waals surface area contributed by atoms with Gasteiger partial charge >= 0.3 is 5.69 Å². The van der Waals surface area contributed by atoms with Crippen LogP contribution < -0.4 is 16.6 Å². The van der Waals surface area contributed by atoms with Crippen molar-refractivity contribution in [2.24, 2.45) is 5.84 Å². The Labute approximate surface area is 121 Å². The van der Waals surface area contributed by atoms with Crippen LogP contribution in [0.1, 0.15) is 6.92 Å². The molecule has 1 aliphatic rings. The van der Waals surface area contributed by atoms with Crippen molar-refractivity contribution in [3.05, 3.63) is 16.4 Å². The van der Waals surface area contributed by atoms with E-state index in [1.807, 2.05) is 0 Å². The van der Waals surface area contributed by atoms with Crippen LogP contribution in [0.25, 0.3) is 0 Å². The van der Waals surface area contributed by atoms with E-state index in [1.54, 1.807) is 0 Å². The number of hydrogen-bond acceptors (Lipinski definition) is 9. The topological polar surface area (TPSA) is 131 Å². The van der Waals surface area contributed by atoms with Crippen molar-refractivity contribution in [3.8, 4) is 0 Å². The minimum Gasteiger partial charge on any atom is -0.374 e. The number of ether oxygens (including phenoxy) is 1. The Balaban J connectivity index is 2.04. The van der Waals surface area contributed by atoms with Crippen LogP contribution in [0, 0.1) is 10.1 Å². The van der Waals surface area contributed by atoms with Crippen LogP contribution in [0.2, 0.25) is 0 Å². The number of nitrogens with zero attached hydrogens (tertiary/aromatic N) is 4. The first-order chi connectivity index (χ1) is 10.2. The minimum atomic E-state index is -0.572. The fourth-order valence-corrected chi connectivity index (χ4v) is 2.19. The summed E-state index contributed by atoms with van der Waals surface area (Å²) in [6, 6.07) is 0. The van der Waals surface area contributed by atoms with E-state index in [0.29, 0.717) is 13.2 Å². The lowest BCUT2D eigenvalue weighted by Crippen LogP contribution is -2.45. The van der Waals surface area contributed by atoms with Gasteiger partial charge in [0.05, 0.1) is 17.6 Å². The Morgan fingerprint density at radius 2 is 2.33 bits per heavy atom. The van der Waals surface area contributed by atoms with Gasteiger partial charge in [0, 0.05) is 19.6 Å². The third kappa shape index (κ3) is 3.74. The van der Waals surface area contributed by atoms with Gasteiger partial charge in [0.15, 0.2) is 0 Å². The van der Waals surface area contributed by atoms with Crippen molar-refractivity contribution in [3.63, 3.8) is 0 Å². The molecule has 21 heavy (non-hydrogen) atoms. The number of likely N-dealkylation sites (N-methyl/N-ethyl adjacent to an activating group) is 1. The van der Waals surface area contributed by atoms with E-state index in [0.717, 1.165) is 19.6 Å². The van der Waals surface area contributed by atoms with Gasteiger partial charge in [-0.25, -0.2) is 15.8 Å². The van der Waals surface area contributed by atoms with E-state index in [1.165, 1.54) is 6.33 Å². The first-order valence-corrected chi connectivity index (χ1v) is 6.69. The zero-order valence-corrected chi connectivity index (χ0v) is 11.8. The molecule has 2 heterocycles. The van der Waals surface area contributed by atoms with Crippen molar-refractivity contribution >= 4 is 17.3 Å². The highest BCUT2D eigenvalue weighted by Crippen LogP contribution is 2.27. The number of rotatable bonds is 6. The molecule has 1 aromatic heterocycles. The number of hydrazine groups is 1. The molecule has 10 heteroatoms. The van der Waals surface area contributed by atoms with E-state index < -0.39 is 4.92 Å². The zero-order chi connectivity index (χ0) is 15.2. The van der Waals surface area contributed by atoms with Crippen LogP contribution in [0.3, 0.4) is 0 Å². The van der Waals surface area contributed by atoms with Gasteiger partial charge in [-0.2, -0.15) is 0 Å². The van der Waals surface area contributed by atoms with E-state index in [2.05, 4.69) is 32.5 Å². The van der Waals surface area contributed by atoms with Crippen molar-refractivity contribution in [2.45, 2.75) is 13.0 Å². The molecule has 1 aliphatic heterocycles.